The molecule has 1 aliphatic rings. The lowest BCUT2D eigenvalue weighted by molar-refractivity contribution is -0.119. The fourth-order valence-electron chi connectivity index (χ4n) is 2.50. The Morgan fingerprint density at radius 2 is 2.35 bits per heavy atom. The van der Waals surface area contributed by atoms with E-state index in [9.17, 15) is 4.79 Å². The summed E-state index contributed by atoms with van der Waals surface area (Å²) in [5.74, 6) is 0.0194. The molecule has 0 fully saturated rings. The number of hydrogen-bond donors (Lipinski definition) is 2. The summed E-state index contributed by atoms with van der Waals surface area (Å²) < 4.78 is 4.92. The topological polar surface area (TPSA) is 53.6 Å². The first-order chi connectivity index (χ1) is 9.72. The molecule has 2 rings (SSSR count). The van der Waals surface area contributed by atoms with Gasteiger partial charge in [-0.25, -0.2) is 0 Å². The van der Waals surface area contributed by atoms with Crippen molar-refractivity contribution in [2.45, 2.75) is 12.8 Å². The third-order valence-electron chi connectivity index (χ3n) is 3.49. The minimum atomic E-state index is 0.0194. The first kappa shape index (κ1) is 14.7. The number of likely N-dealkylation sites (N-methyl/N-ethyl adjacent to an activating group) is 1. The lowest BCUT2D eigenvalue weighted by Crippen LogP contribution is -2.37. The zero-order valence-electron chi connectivity index (χ0n) is 12.2. The van der Waals surface area contributed by atoms with Gasteiger partial charge >= 0.3 is 0 Å². The van der Waals surface area contributed by atoms with Gasteiger partial charge in [0.25, 0.3) is 0 Å². The Morgan fingerprint density at radius 3 is 3.15 bits per heavy atom. The highest BCUT2D eigenvalue weighted by molar-refractivity contribution is 5.82. The van der Waals surface area contributed by atoms with Crippen LogP contribution in [0.5, 0.6) is 0 Å². The fourth-order valence-corrected chi connectivity index (χ4v) is 2.50. The highest BCUT2D eigenvalue weighted by Crippen LogP contribution is 2.30. The van der Waals surface area contributed by atoms with Gasteiger partial charge in [0.1, 0.15) is 0 Å². The molecule has 0 aromatic heterocycles. The second kappa shape index (κ2) is 7.14. The van der Waals surface area contributed by atoms with Crippen LogP contribution in [0.3, 0.4) is 0 Å². The van der Waals surface area contributed by atoms with Gasteiger partial charge in [-0.1, -0.05) is 6.07 Å². The summed E-state index contributed by atoms with van der Waals surface area (Å²) >= 11 is 0. The smallest absolute Gasteiger partial charge is 0.239 e. The SMILES string of the molecule is COCCNC(=O)CN(C)c1cccc2c1CCCN2. The van der Waals surface area contributed by atoms with Crippen LogP contribution in [0.4, 0.5) is 11.4 Å². The summed E-state index contributed by atoms with van der Waals surface area (Å²) in [6, 6.07) is 6.21. The Hall–Kier alpha value is -1.75. The Labute approximate surface area is 120 Å². The minimum absolute atomic E-state index is 0.0194. The molecule has 1 aliphatic heterocycles. The lowest BCUT2D eigenvalue weighted by atomic mass is 10.0. The van der Waals surface area contributed by atoms with Crippen LogP contribution in [0.15, 0.2) is 18.2 Å². The van der Waals surface area contributed by atoms with Gasteiger partial charge in [-0.15, -0.1) is 0 Å². The van der Waals surface area contributed by atoms with Crippen molar-refractivity contribution in [1.82, 2.24) is 5.32 Å². The maximum atomic E-state index is 11.8. The fraction of sp³-hybridized carbons (Fsp3) is 0.533. The summed E-state index contributed by atoms with van der Waals surface area (Å²) in [7, 11) is 3.58. The Bertz CT molecular complexity index is 462. The van der Waals surface area contributed by atoms with Crippen molar-refractivity contribution < 1.29 is 9.53 Å². The molecule has 2 N–H and O–H groups in total. The zero-order chi connectivity index (χ0) is 14.4. The number of benzene rings is 1. The highest BCUT2D eigenvalue weighted by atomic mass is 16.5. The zero-order valence-corrected chi connectivity index (χ0v) is 12.2. The molecule has 5 heteroatoms. The second-order valence-electron chi connectivity index (χ2n) is 5.03. The molecule has 0 aliphatic carbocycles. The number of amides is 1. The number of ether oxygens (including phenoxy) is 1. The van der Waals surface area contributed by atoms with Gasteiger partial charge in [-0.05, 0) is 30.5 Å². The Morgan fingerprint density at radius 1 is 1.50 bits per heavy atom. The predicted octanol–water partition coefficient (Wildman–Crippen LogP) is 1.24. The summed E-state index contributed by atoms with van der Waals surface area (Å²) in [6.07, 6.45) is 2.20. The van der Waals surface area contributed by atoms with Crippen molar-refractivity contribution in [3.8, 4) is 0 Å². The van der Waals surface area contributed by atoms with E-state index in [1.165, 1.54) is 11.3 Å². The number of nitrogens with zero attached hydrogens (tertiary/aromatic N) is 1. The van der Waals surface area contributed by atoms with Crippen molar-refractivity contribution in [3.05, 3.63) is 23.8 Å². The van der Waals surface area contributed by atoms with E-state index in [1.54, 1.807) is 7.11 Å². The van der Waals surface area contributed by atoms with Crippen molar-refractivity contribution >= 4 is 17.3 Å². The molecule has 0 atom stereocenters. The summed E-state index contributed by atoms with van der Waals surface area (Å²) in [4.78, 5) is 13.9. The summed E-state index contributed by atoms with van der Waals surface area (Å²) in [6.45, 7) is 2.48. The molecule has 1 aromatic rings. The number of hydrogen-bond acceptors (Lipinski definition) is 4. The highest BCUT2D eigenvalue weighted by Gasteiger charge is 2.16. The van der Waals surface area contributed by atoms with Crippen molar-refractivity contribution in [2.24, 2.45) is 0 Å². The van der Waals surface area contributed by atoms with Gasteiger partial charge in [-0.3, -0.25) is 4.79 Å². The molecule has 1 amide bonds. The number of rotatable bonds is 6. The molecule has 1 aromatic carbocycles. The molecule has 0 spiro atoms. The largest absolute Gasteiger partial charge is 0.385 e. The molecule has 0 unspecified atom stereocenters. The van der Waals surface area contributed by atoms with E-state index in [-0.39, 0.29) is 5.91 Å². The van der Waals surface area contributed by atoms with Gasteiger partial charge in [-0.2, -0.15) is 0 Å². The number of nitrogens with one attached hydrogen (secondary N) is 2. The third kappa shape index (κ3) is 3.63. The van der Waals surface area contributed by atoms with E-state index >= 15 is 0 Å². The van der Waals surface area contributed by atoms with E-state index in [0.717, 1.165) is 25.1 Å². The van der Waals surface area contributed by atoms with Crippen LogP contribution < -0.4 is 15.5 Å². The monoisotopic (exact) mass is 277 g/mol. The van der Waals surface area contributed by atoms with Crippen LogP contribution in [-0.2, 0) is 16.0 Å². The van der Waals surface area contributed by atoms with Crippen molar-refractivity contribution in [1.29, 1.82) is 0 Å². The lowest BCUT2D eigenvalue weighted by Gasteiger charge is -2.26. The van der Waals surface area contributed by atoms with Crippen LogP contribution >= 0.6 is 0 Å². The van der Waals surface area contributed by atoms with E-state index in [1.807, 2.05) is 18.0 Å². The van der Waals surface area contributed by atoms with Crippen LogP contribution in [-0.4, -0.2) is 46.3 Å². The van der Waals surface area contributed by atoms with Gasteiger partial charge in [0.15, 0.2) is 0 Å². The van der Waals surface area contributed by atoms with Gasteiger partial charge < -0.3 is 20.3 Å². The number of methoxy groups -OCH3 is 1. The van der Waals surface area contributed by atoms with Crippen molar-refractivity contribution in [2.75, 3.05) is 50.6 Å². The maximum absolute atomic E-state index is 11.8. The first-order valence-electron chi connectivity index (χ1n) is 7.05. The number of anilines is 2. The summed E-state index contributed by atoms with van der Waals surface area (Å²) in [5.41, 5.74) is 3.64. The Kier molecular flexibility index (Phi) is 5.24. The van der Waals surface area contributed by atoms with E-state index in [4.69, 9.17) is 4.74 Å². The maximum Gasteiger partial charge on any atom is 0.239 e. The average molecular weight is 277 g/mol. The van der Waals surface area contributed by atoms with Gasteiger partial charge in [0.05, 0.1) is 13.2 Å². The molecule has 20 heavy (non-hydrogen) atoms. The molecular formula is C15H23N3O2. The quantitative estimate of drug-likeness (QED) is 0.768. The minimum Gasteiger partial charge on any atom is -0.385 e. The third-order valence-corrected chi connectivity index (χ3v) is 3.49. The van der Waals surface area contributed by atoms with Gasteiger partial charge in [0, 0.05) is 38.6 Å². The molecule has 0 bridgehead atoms. The number of fused-ring (bicyclic) bond motifs is 1. The van der Waals surface area contributed by atoms with E-state index in [2.05, 4.69) is 22.8 Å². The van der Waals surface area contributed by atoms with Crippen LogP contribution in [0.1, 0.15) is 12.0 Å². The second-order valence-corrected chi connectivity index (χ2v) is 5.03. The van der Waals surface area contributed by atoms with Gasteiger partial charge in [0.2, 0.25) is 5.91 Å². The molecule has 5 nitrogen and oxygen atoms in total. The van der Waals surface area contributed by atoms with E-state index in [0.29, 0.717) is 19.7 Å². The average Bonchev–Trinajstić information content (AvgIpc) is 2.47. The molecule has 0 saturated carbocycles. The summed E-state index contributed by atoms with van der Waals surface area (Å²) in [5, 5.41) is 6.25. The normalized spacial score (nSPS) is 13.3. The van der Waals surface area contributed by atoms with Crippen LogP contribution in [0.25, 0.3) is 0 Å². The molecular weight excluding hydrogens is 254 g/mol. The number of carbonyl (C=O) groups excluding carboxylic acids is 1. The molecule has 110 valence electrons. The van der Waals surface area contributed by atoms with E-state index < -0.39 is 0 Å². The standard InChI is InChI=1S/C15H23N3O2/c1-18(11-15(19)17-9-10-20-2)14-7-3-6-13-12(14)5-4-8-16-13/h3,6-7,16H,4-5,8-11H2,1-2H3,(H,17,19). The van der Waals surface area contributed by atoms with Crippen LogP contribution in [0, 0.1) is 0 Å². The molecule has 0 radical (unpaired) electrons. The van der Waals surface area contributed by atoms with Crippen LogP contribution in [0.2, 0.25) is 0 Å². The first-order valence-corrected chi connectivity index (χ1v) is 7.05. The van der Waals surface area contributed by atoms with Crippen molar-refractivity contribution in [3.63, 3.8) is 0 Å². The molecule has 1 heterocycles. The Balaban J connectivity index is 1.98. The predicted molar refractivity (Wildman–Crippen MR) is 81.4 cm³/mol. The number of carbonyl (C=O) groups is 1. The molecule has 0 saturated heterocycles.